The van der Waals surface area contributed by atoms with Crippen LogP contribution in [0.1, 0.15) is 11.1 Å². The van der Waals surface area contributed by atoms with Gasteiger partial charge < -0.3 is 0 Å². The smallest absolute Gasteiger partial charge is 0.258 e. The Hall–Kier alpha value is -4.02. The molecule has 0 spiro atoms. The molecule has 2 heterocycles. The topological polar surface area (TPSA) is 84.8 Å². The van der Waals surface area contributed by atoms with Crippen molar-refractivity contribution in [2.24, 2.45) is 0 Å². The molecule has 0 aliphatic carbocycles. The summed E-state index contributed by atoms with van der Waals surface area (Å²) in [7, 11) is 0. The Morgan fingerprint density at radius 2 is 1.86 bits per heavy atom. The molecular formula is C22H14N4O2S. The summed E-state index contributed by atoms with van der Waals surface area (Å²) >= 11 is 1.57. The molecule has 0 saturated carbocycles. The van der Waals surface area contributed by atoms with Crippen molar-refractivity contribution in [1.29, 1.82) is 5.26 Å². The van der Waals surface area contributed by atoms with Gasteiger partial charge in [0.05, 0.1) is 27.1 Å². The molecule has 140 valence electrons. The first kappa shape index (κ1) is 18.3. The number of allylic oxidation sites excluding steroid dienone is 1. The SMILES string of the molecule is N#C/C(=C\c1cn(-c2ccccc2)nc1-c1cccs1)c1ccc([N+](=O)[O-])cc1. The fourth-order valence-electron chi connectivity index (χ4n) is 2.91. The highest BCUT2D eigenvalue weighted by atomic mass is 32.1. The van der Waals surface area contributed by atoms with Gasteiger partial charge in [-0.1, -0.05) is 24.3 Å². The highest BCUT2D eigenvalue weighted by Gasteiger charge is 2.14. The van der Waals surface area contributed by atoms with E-state index in [1.807, 2.05) is 54.0 Å². The van der Waals surface area contributed by atoms with Crippen molar-refractivity contribution in [1.82, 2.24) is 9.78 Å². The van der Waals surface area contributed by atoms with Gasteiger partial charge >= 0.3 is 0 Å². The highest BCUT2D eigenvalue weighted by molar-refractivity contribution is 7.13. The maximum absolute atomic E-state index is 10.9. The van der Waals surface area contributed by atoms with E-state index in [1.54, 1.807) is 34.2 Å². The molecule has 2 aromatic heterocycles. The van der Waals surface area contributed by atoms with E-state index in [2.05, 4.69) is 6.07 Å². The van der Waals surface area contributed by atoms with Gasteiger partial charge in [0, 0.05) is 23.9 Å². The van der Waals surface area contributed by atoms with Gasteiger partial charge in [-0.25, -0.2) is 4.68 Å². The van der Waals surface area contributed by atoms with E-state index in [0.29, 0.717) is 11.1 Å². The largest absolute Gasteiger partial charge is 0.269 e. The number of para-hydroxylation sites is 1. The zero-order chi connectivity index (χ0) is 20.2. The summed E-state index contributed by atoms with van der Waals surface area (Å²) in [5, 5.41) is 27.3. The molecule has 0 aliphatic rings. The maximum atomic E-state index is 10.9. The number of benzene rings is 2. The molecule has 4 aromatic rings. The van der Waals surface area contributed by atoms with Crippen LogP contribution in [0.4, 0.5) is 5.69 Å². The van der Waals surface area contributed by atoms with Crippen LogP contribution < -0.4 is 0 Å². The molecule has 0 aliphatic heterocycles. The molecular weight excluding hydrogens is 384 g/mol. The average Bonchev–Trinajstić information content (AvgIpc) is 3.42. The zero-order valence-electron chi connectivity index (χ0n) is 15.1. The molecule has 4 rings (SSSR count). The lowest BCUT2D eigenvalue weighted by molar-refractivity contribution is -0.384. The molecule has 7 heteroatoms. The maximum Gasteiger partial charge on any atom is 0.269 e. The van der Waals surface area contributed by atoms with Crippen LogP contribution in [0.3, 0.4) is 0 Å². The van der Waals surface area contributed by atoms with Crippen molar-refractivity contribution in [3.63, 3.8) is 0 Å². The number of non-ortho nitro benzene ring substituents is 1. The normalized spacial score (nSPS) is 11.2. The van der Waals surface area contributed by atoms with Gasteiger partial charge in [-0.3, -0.25) is 10.1 Å². The average molecular weight is 398 g/mol. The molecule has 0 fully saturated rings. The third-order valence-electron chi connectivity index (χ3n) is 4.33. The number of hydrogen-bond donors (Lipinski definition) is 0. The predicted octanol–water partition coefficient (Wildman–Crippen LogP) is 5.57. The number of thiophene rings is 1. The molecule has 0 atom stereocenters. The third-order valence-corrected chi connectivity index (χ3v) is 5.20. The van der Waals surface area contributed by atoms with Crippen molar-refractivity contribution in [2.75, 3.05) is 0 Å². The standard InChI is InChI=1S/C22H14N4O2S/c23-14-17(16-8-10-20(11-9-16)26(27)28)13-18-15-25(19-5-2-1-3-6-19)24-22(18)21-7-4-12-29-21/h1-13,15H/b17-13+. The van der Waals surface area contributed by atoms with E-state index in [-0.39, 0.29) is 5.69 Å². The minimum absolute atomic E-state index is 0.0118. The predicted molar refractivity (Wildman–Crippen MR) is 113 cm³/mol. The van der Waals surface area contributed by atoms with Gasteiger partial charge in [0.1, 0.15) is 5.69 Å². The van der Waals surface area contributed by atoms with Crippen LogP contribution in [0.15, 0.2) is 78.3 Å². The first-order chi connectivity index (χ1) is 14.2. The molecule has 0 radical (unpaired) electrons. The van der Waals surface area contributed by atoms with Crippen molar-refractivity contribution >= 4 is 28.7 Å². The van der Waals surface area contributed by atoms with Gasteiger partial charge in [0.25, 0.3) is 5.69 Å². The van der Waals surface area contributed by atoms with Crippen molar-refractivity contribution in [3.05, 3.63) is 99.5 Å². The number of nitrogens with zero attached hydrogens (tertiary/aromatic N) is 4. The Kier molecular flexibility index (Phi) is 5.01. The molecule has 2 aromatic carbocycles. The summed E-state index contributed by atoms with van der Waals surface area (Å²) < 4.78 is 1.78. The Balaban J connectivity index is 1.81. The fraction of sp³-hybridized carbons (Fsp3) is 0. The Bertz CT molecular complexity index is 1220. The molecule has 0 N–H and O–H groups in total. The van der Waals surface area contributed by atoms with Gasteiger partial charge in [-0.2, -0.15) is 10.4 Å². The minimum Gasteiger partial charge on any atom is -0.258 e. The van der Waals surface area contributed by atoms with Gasteiger partial charge in [0.2, 0.25) is 0 Å². The Labute approximate surface area is 170 Å². The van der Waals surface area contributed by atoms with E-state index >= 15 is 0 Å². The van der Waals surface area contributed by atoms with Crippen LogP contribution in [-0.2, 0) is 0 Å². The molecule has 0 unspecified atom stereocenters. The van der Waals surface area contributed by atoms with Crippen molar-refractivity contribution in [2.45, 2.75) is 0 Å². The second kappa shape index (κ2) is 7.92. The number of nitro benzene ring substituents is 1. The number of nitro groups is 1. The van der Waals surface area contributed by atoms with Gasteiger partial charge in [-0.15, -0.1) is 11.3 Å². The van der Waals surface area contributed by atoms with E-state index in [9.17, 15) is 15.4 Å². The molecule has 0 saturated heterocycles. The quantitative estimate of drug-likeness (QED) is 0.250. The number of aromatic nitrogens is 2. The molecule has 29 heavy (non-hydrogen) atoms. The van der Waals surface area contributed by atoms with E-state index in [0.717, 1.165) is 21.8 Å². The number of nitriles is 1. The van der Waals surface area contributed by atoms with Gasteiger partial charge in [-0.05, 0) is 47.4 Å². The van der Waals surface area contributed by atoms with Crippen LogP contribution in [0.2, 0.25) is 0 Å². The van der Waals surface area contributed by atoms with E-state index in [4.69, 9.17) is 5.10 Å². The van der Waals surface area contributed by atoms with Crippen molar-refractivity contribution < 1.29 is 4.92 Å². The molecule has 0 bridgehead atoms. The summed E-state index contributed by atoms with van der Waals surface area (Å²) in [5.74, 6) is 0. The summed E-state index contributed by atoms with van der Waals surface area (Å²) in [6.45, 7) is 0. The summed E-state index contributed by atoms with van der Waals surface area (Å²) in [5.41, 5.74) is 3.50. The van der Waals surface area contributed by atoms with Crippen LogP contribution in [-0.4, -0.2) is 14.7 Å². The molecule has 6 nitrogen and oxygen atoms in total. The second-order valence-corrected chi connectivity index (χ2v) is 7.11. The van der Waals surface area contributed by atoms with E-state index < -0.39 is 4.92 Å². The number of rotatable bonds is 5. The van der Waals surface area contributed by atoms with Crippen LogP contribution in [0.5, 0.6) is 0 Å². The monoisotopic (exact) mass is 398 g/mol. The van der Waals surface area contributed by atoms with E-state index in [1.165, 1.54) is 12.1 Å². The fourth-order valence-corrected chi connectivity index (χ4v) is 3.64. The summed E-state index contributed by atoms with van der Waals surface area (Å²) in [6.07, 6.45) is 3.65. The molecule has 0 amide bonds. The van der Waals surface area contributed by atoms with Crippen LogP contribution >= 0.6 is 11.3 Å². The van der Waals surface area contributed by atoms with Crippen molar-refractivity contribution in [3.8, 4) is 22.3 Å². The number of hydrogen-bond acceptors (Lipinski definition) is 5. The Morgan fingerprint density at radius 3 is 2.48 bits per heavy atom. The first-order valence-corrected chi connectivity index (χ1v) is 9.59. The van der Waals surface area contributed by atoms with Gasteiger partial charge in [0.15, 0.2) is 0 Å². The minimum atomic E-state index is -0.460. The third kappa shape index (κ3) is 3.83. The Morgan fingerprint density at radius 1 is 1.10 bits per heavy atom. The van der Waals surface area contributed by atoms with Crippen LogP contribution in [0.25, 0.3) is 27.9 Å². The second-order valence-electron chi connectivity index (χ2n) is 6.16. The zero-order valence-corrected chi connectivity index (χ0v) is 15.9. The lowest BCUT2D eigenvalue weighted by Crippen LogP contribution is -1.93. The summed E-state index contributed by atoms with van der Waals surface area (Å²) in [6, 6.07) is 21.8. The lowest BCUT2D eigenvalue weighted by Gasteiger charge is -2.00. The lowest BCUT2D eigenvalue weighted by atomic mass is 10.0. The van der Waals surface area contributed by atoms with Crippen LogP contribution in [0, 0.1) is 21.4 Å². The summed E-state index contributed by atoms with van der Waals surface area (Å²) in [4.78, 5) is 11.4. The highest BCUT2D eigenvalue weighted by Crippen LogP contribution is 2.31. The first-order valence-electron chi connectivity index (χ1n) is 8.71.